The average molecular weight is 139 g/mol. The summed E-state index contributed by atoms with van der Waals surface area (Å²) in [5.74, 6) is -2.25. The van der Waals surface area contributed by atoms with Crippen molar-refractivity contribution in [3.05, 3.63) is 35.6 Å². The molecule has 1 rings (SSSR count). The summed E-state index contributed by atoms with van der Waals surface area (Å²) in [6, 6.07) is 5.09. The minimum Gasteiger partial charge on any atom is -0.241 e. The van der Waals surface area contributed by atoms with Crippen LogP contribution in [-0.2, 0) is 5.11 Å². The van der Waals surface area contributed by atoms with Crippen molar-refractivity contribution in [3.8, 4) is 0 Å². The van der Waals surface area contributed by atoms with E-state index in [1.165, 1.54) is 12.1 Å². The van der Waals surface area contributed by atoms with Crippen LogP contribution in [0.1, 0.15) is 10.4 Å². The molecule has 1 aromatic carbocycles. The highest BCUT2D eigenvalue weighted by molar-refractivity contribution is 5.87. The van der Waals surface area contributed by atoms with Crippen molar-refractivity contribution in [2.75, 3.05) is 0 Å². The summed E-state index contributed by atoms with van der Waals surface area (Å²) in [6.45, 7) is 0. The van der Waals surface area contributed by atoms with Gasteiger partial charge in [0, 0.05) is 0 Å². The third-order valence-corrected chi connectivity index (χ3v) is 1.09. The summed E-state index contributed by atoms with van der Waals surface area (Å²) in [7, 11) is 0. The van der Waals surface area contributed by atoms with Crippen molar-refractivity contribution in [3.63, 3.8) is 0 Å². The highest BCUT2D eigenvalue weighted by atomic mass is 19.1. The molecule has 0 heterocycles. The zero-order valence-electron chi connectivity index (χ0n) is 5.00. The Bertz CT molecular complexity index is 258. The maximum absolute atomic E-state index is 12.4. The van der Waals surface area contributed by atoms with Gasteiger partial charge in [0.2, 0.25) is 0 Å². The van der Waals surface area contributed by atoms with E-state index in [1.54, 1.807) is 0 Å². The molecule has 1 radical (unpaired) electrons. The predicted octanol–water partition coefficient (Wildman–Crippen LogP) is 1.40. The van der Waals surface area contributed by atoms with Crippen LogP contribution < -0.4 is 0 Å². The molecule has 0 saturated carbocycles. The highest BCUT2D eigenvalue weighted by Gasteiger charge is 2.08. The second kappa shape index (κ2) is 2.47. The Labute approximate surface area is 56.9 Å². The first-order valence-electron chi connectivity index (χ1n) is 2.67. The van der Waals surface area contributed by atoms with Gasteiger partial charge in [0.1, 0.15) is 5.82 Å². The molecule has 0 aliphatic rings. The van der Waals surface area contributed by atoms with Crippen molar-refractivity contribution in [2.24, 2.45) is 0 Å². The Kier molecular flexibility index (Phi) is 1.67. The summed E-state index contributed by atoms with van der Waals surface area (Å²) in [4.78, 5) is 10.1. The topological polar surface area (TPSA) is 37.0 Å². The predicted molar refractivity (Wildman–Crippen MR) is 31.4 cm³/mol. The fourth-order valence-electron chi connectivity index (χ4n) is 0.627. The van der Waals surface area contributed by atoms with Crippen LogP contribution in [0.5, 0.6) is 0 Å². The molecule has 0 saturated heterocycles. The summed E-state index contributed by atoms with van der Waals surface area (Å²) in [5, 5.41) is 10.1. The third-order valence-electron chi connectivity index (χ3n) is 1.09. The summed E-state index contributed by atoms with van der Waals surface area (Å²) in [5.41, 5.74) is -0.400. The molecule has 0 atom stereocenters. The number of hydrogen-bond acceptors (Lipinski definition) is 1. The van der Waals surface area contributed by atoms with Crippen LogP contribution >= 0.6 is 0 Å². The highest BCUT2D eigenvalue weighted by Crippen LogP contribution is 2.05. The first-order chi connectivity index (χ1) is 4.72. The Balaban J connectivity index is 3.15. The van der Waals surface area contributed by atoms with Crippen molar-refractivity contribution in [1.29, 1.82) is 0 Å². The molecule has 0 fully saturated rings. The molecular formula is C7H4FO2. The third kappa shape index (κ3) is 1.13. The molecule has 0 aromatic heterocycles. The van der Waals surface area contributed by atoms with Crippen molar-refractivity contribution >= 4 is 5.97 Å². The summed E-state index contributed by atoms with van der Waals surface area (Å²) in [6.07, 6.45) is 0. The molecule has 51 valence electrons. The van der Waals surface area contributed by atoms with E-state index in [2.05, 4.69) is 0 Å². The lowest BCUT2D eigenvalue weighted by Crippen LogP contribution is -1.96. The van der Waals surface area contributed by atoms with Gasteiger partial charge in [0.25, 0.3) is 0 Å². The van der Waals surface area contributed by atoms with Crippen LogP contribution in [0.4, 0.5) is 4.39 Å². The number of carbonyl (C=O) groups is 1. The van der Waals surface area contributed by atoms with E-state index in [0.29, 0.717) is 0 Å². The largest absolute Gasteiger partial charge is 0.389 e. The minimum absolute atomic E-state index is 0.400. The van der Waals surface area contributed by atoms with E-state index in [9.17, 15) is 14.3 Å². The van der Waals surface area contributed by atoms with Gasteiger partial charge in [-0.15, -0.1) is 0 Å². The Morgan fingerprint density at radius 2 is 1.90 bits per heavy atom. The van der Waals surface area contributed by atoms with Crippen molar-refractivity contribution < 1.29 is 14.3 Å². The molecule has 0 spiro atoms. The second-order valence-electron chi connectivity index (χ2n) is 1.77. The molecule has 2 nitrogen and oxygen atoms in total. The van der Waals surface area contributed by atoms with Crippen LogP contribution in [0.15, 0.2) is 24.3 Å². The maximum Gasteiger partial charge on any atom is 0.389 e. The minimum atomic E-state index is -1.49. The van der Waals surface area contributed by atoms with Gasteiger partial charge in [0.05, 0.1) is 5.56 Å². The average Bonchev–Trinajstić information content (AvgIpc) is 1.88. The number of benzene rings is 1. The maximum atomic E-state index is 12.4. The zero-order valence-corrected chi connectivity index (χ0v) is 5.00. The Hall–Kier alpha value is -1.38. The Morgan fingerprint density at radius 1 is 1.30 bits per heavy atom. The number of carbonyl (C=O) groups excluding carboxylic acids is 1. The monoisotopic (exact) mass is 139 g/mol. The molecule has 3 heteroatoms. The van der Waals surface area contributed by atoms with Crippen LogP contribution in [0.25, 0.3) is 0 Å². The van der Waals surface area contributed by atoms with Crippen molar-refractivity contribution in [2.45, 2.75) is 0 Å². The second-order valence-corrected chi connectivity index (χ2v) is 1.77. The van der Waals surface area contributed by atoms with Gasteiger partial charge >= 0.3 is 5.97 Å². The SMILES string of the molecule is [O]C(=O)c1ccccc1F. The van der Waals surface area contributed by atoms with E-state index in [-0.39, 0.29) is 0 Å². The van der Waals surface area contributed by atoms with Gasteiger partial charge in [0.15, 0.2) is 0 Å². The first kappa shape index (κ1) is 6.74. The molecular weight excluding hydrogens is 135 g/mol. The molecule has 0 aliphatic heterocycles. The van der Waals surface area contributed by atoms with E-state index < -0.39 is 17.3 Å². The lowest BCUT2D eigenvalue weighted by molar-refractivity contribution is 0.0568. The number of hydrogen-bond donors (Lipinski definition) is 0. The summed E-state index contributed by atoms with van der Waals surface area (Å²) < 4.78 is 12.4. The fraction of sp³-hybridized carbons (Fsp3) is 0. The molecule has 0 amide bonds. The van der Waals surface area contributed by atoms with Gasteiger partial charge < -0.3 is 0 Å². The quantitative estimate of drug-likeness (QED) is 0.579. The molecule has 10 heavy (non-hydrogen) atoms. The molecule has 0 aliphatic carbocycles. The molecule has 0 unspecified atom stereocenters. The summed E-state index contributed by atoms with van der Waals surface area (Å²) >= 11 is 0. The van der Waals surface area contributed by atoms with Crippen molar-refractivity contribution in [1.82, 2.24) is 0 Å². The smallest absolute Gasteiger partial charge is 0.241 e. The molecule has 0 bridgehead atoms. The standard InChI is InChI=1S/C7H4FO2/c8-6-4-2-1-3-5(6)7(9)10/h1-4H. The normalized spacial score (nSPS) is 9.30. The van der Waals surface area contributed by atoms with E-state index in [4.69, 9.17) is 0 Å². The van der Waals surface area contributed by atoms with Crippen LogP contribution in [0.2, 0.25) is 0 Å². The van der Waals surface area contributed by atoms with E-state index >= 15 is 0 Å². The lowest BCUT2D eigenvalue weighted by atomic mass is 10.2. The van der Waals surface area contributed by atoms with Gasteiger partial charge in [-0.25, -0.2) is 14.3 Å². The van der Waals surface area contributed by atoms with Gasteiger partial charge in [-0.2, -0.15) is 0 Å². The molecule has 1 aromatic rings. The van der Waals surface area contributed by atoms with Gasteiger partial charge in [-0.1, -0.05) is 12.1 Å². The number of halogens is 1. The van der Waals surface area contributed by atoms with E-state index in [1.807, 2.05) is 0 Å². The lowest BCUT2D eigenvalue weighted by Gasteiger charge is -1.90. The first-order valence-corrected chi connectivity index (χ1v) is 2.67. The molecule has 0 N–H and O–H groups in total. The van der Waals surface area contributed by atoms with Crippen LogP contribution in [-0.4, -0.2) is 5.97 Å². The van der Waals surface area contributed by atoms with E-state index in [0.717, 1.165) is 12.1 Å². The Morgan fingerprint density at radius 3 is 2.30 bits per heavy atom. The van der Waals surface area contributed by atoms with Crippen LogP contribution in [0, 0.1) is 5.82 Å². The fourth-order valence-corrected chi connectivity index (χ4v) is 0.627. The van der Waals surface area contributed by atoms with Crippen LogP contribution in [0.3, 0.4) is 0 Å². The van der Waals surface area contributed by atoms with Gasteiger partial charge in [-0.05, 0) is 12.1 Å². The zero-order chi connectivity index (χ0) is 7.56. The van der Waals surface area contributed by atoms with Gasteiger partial charge in [-0.3, -0.25) is 0 Å². The number of rotatable bonds is 1.